The van der Waals surface area contributed by atoms with Crippen molar-refractivity contribution < 1.29 is 34.1 Å². The van der Waals surface area contributed by atoms with Crippen LogP contribution < -0.4 is 5.19 Å². The topological polar surface area (TPSA) is 51.8 Å². The van der Waals surface area contributed by atoms with Crippen LogP contribution in [0.1, 0.15) is 54.0 Å². The molecular weight excluding hydrogens is 819 g/mol. The Bertz CT molecular complexity index is 2510. The summed E-state index contributed by atoms with van der Waals surface area (Å²) in [5.41, 5.74) is 7.24. The molecule has 0 aliphatic heterocycles. The molecule has 0 saturated heterocycles. The summed E-state index contributed by atoms with van der Waals surface area (Å²) in [6.07, 6.45) is 0.520. The summed E-state index contributed by atoms with van der Waals surface area (Å²) >= 11 is 0. The van der Waals surface area contributed by atoms with Crippen LogP contribution >= 0.6 is 0 Å². The molecule has 0 spiro atoms. The van der Waals surface area contributed by atoms with Crippen molar-refractivity contribution in [1.82, 2.24) is 15.0 Å². The first-order chi connectivity index (χ1) is 26.7. The molecule has 4 nitrogen and oxygen atoms in total. The van der Waals surface area contributed by atoms with E-state index in [4.69, 9.17) is 19.0 Å². The predicted octanol–water partition coefficient (Wildman–Crippen LogP) is 11.3. The fourth-order valence-electron chi connectivity index (χ4n) is 5.79. The molecule has 0 unspecified atom stereocenters. The second-order valence-electron chi connectivity index (χ2n) is 14.0. The van der Waals surface area contributed by atoms with Gasteiger partial charge in [-0.15, -0.1) is 53.6 Å². The van der Waals surface area contributed by atoms with Crippen LogP contribution in [-0.4, -0.2) is 23.0 Å². The van der Waals surface area contributed by atoms with E-state index in [0.717, 1.165) is 27.2 Å². The molecule has 0 amide bonds. The molecule has 0 aliphatic rings. The molecule has 51 heavy (non-hydrogen) atoms. The number of nitrogens with zero attached hydrogens (tertiary/aromatic N) is 3. The third-order valence-corrected chi connectivity index (χ3v) is 10.1. The van der Waals surface area contributed by atoms with Gasteiger partial charge in [-0.3, -0.25) is 0 Å². The Morgan fingerprint density at radius 3 is 2.27 bits per heavy atom. The Labute approximate surface area is 328 Å². The quantitative estimate of drug-likeness (QED) is 0.113. The SMILES string of the molecule is [2H]C([2H])([2H])c1c[c-]c(-c2cc(C([2H])([2H])C(C)C)c([Si](C)(C)C)cn2)cc1.[2H]C([2H])(c1ccnc(-c2[c-]ccc3c2oc2nc(-c4ccccc4)ccc23)c1)C(C)C.[Ir]. The molecule has 0 bridgehead atoms. The number of hydrogen-bond acceptors (Lipinski definition) is 4. The van der Waals surface area contributed by atoms with Gasteiger partial charge in [0.15, 0.2) is 0 Å². The summed E-state index contributed by atoms with van der Waals surface area (Å²) in [5, 5.41) is 2.88. The van der Waals surface area contributed by atoms with Gasteiger partial charge in [0, 0.05) is 53.0 Å². The van der Waals surface area contributed by atoms with E-state index in [0.29, 0.717) is 44.9 Å². The fraction of sp³-hybridized carbons (Fsp3) is 0.267. The molecule has 263 valence electrons. The van der Waals surface area contributed by atoms with E-state index in [2.05, 4.69) is 41.7 Å². The number of aromatic nitrogens is 3. The van der Waals surface area contributed by atoms with Crippen LogP contribution in [0.5, 0.6) is 0 Å². The van der Waals surface area contributed by atoms with E-state index in [1.165, 1.54) is 6.07 Å². The summed E-state index contributed by atoms with van der Waals surface area (Å²) in [4.78, 5) is 13.8. The number of hydrogen-bond donors (Lipinski definition) is 0. The van der Waals surface area contributed by atoms with E-state index in [-0.39, 0.29) is 37.5 Å². The molecular formula is C45H47IrN3OSi-2. The second-order valence-corrected chi connectivity index (χ2v) is 19.0. The number of benzene rings is 3. The Morgan fingerprint density at radius 1 is 0.804 bits per heavy atom. The fourth-order valence-corrected chi connectivity index (χ4v) is 7.19. The summed E-state index contributed by atoms with van der Waals surface area (Å²) < 4.78 is 62.6. The zero-order valence-electron chi connectivity index (χ0n) is 37.1. The summed E-state index contributed by atoms with van der Waals surface area (Å²) in [5.74, 6) is -0.330. The largest absolute Gasteiger partial charge is 0.486 e. The first kappa shape index (κ1) is 29.4. The minimum absolute atomic E-state index is 0. The molecule has 0 atom stereocenters. The van der Waals surface area contributed by atoms with Crippen LogP contribution in [0.15, 0.2) is 108 Å². The molecule has 0 N–H and O–H groups in total. The monoisotopic (exact) mass is 873 g/mol. The smallest absolute Gasteiger partial charge is 0.216 e. The number of rotatable bonds is 8. The van der Waals surface area contributed by atoms with Gasteiger partial charge in [-0.1, -0.05) is 119 Å². The van der Waals surface area contributed by atoms with Crippen LogP contribution in [0.2, 0.25) is 19.6 Å². The maximum absolute atomic E-state index is 8.59. The zero-order chi connectivity index (χ0) is 41.5. The van der Waals surface area contributed by atoms with Gasteiger partial charge < -0.3 is 14.4 Å². The first-order valence-electron chi connectivity index (χ1n) is 20.5. The minimum Gasteiger partial charge on any atom is -0.486 e. The van der Waals surface area contributed by atoms with Crippen molar-refractivity contribution in [3.05, 3.63) is 132 Å². The van der Waals surface area contributed by atoms with E-state index in [1.807, 2.05) is 88.4 Å². The molecule has 7 rings (SSSR count). The Morgan fingerprint density at radius 2 is 1.59 bits per heavy atom. The van der Waals surface area contributed by atoms with Crippen molar-refractivity contribution >= 4 is 35.3 Å². The molecule has 6 heteroatoms. The molecule has 1 radical (unpaired) electrons. The number of aryl methyl sites for hydroxylation is 1. The molecule has 7 aromatic rings. The van der Waals surface area contributed by atoms with Crippen molar-refractivity contribution in [2.75, 3.05) is 0 Å². The summed E-state index contributed by atoms with van der Waals surface area (Å²) in [7, 11) is -1.78. The second kappa shape index (κ2) is 16.4. The minimum atomic E-state index is -2.16. The van der Waals surface area contributed by atoms with Gasteiger partial charge in [0.1, 0.15) is 0 Å². The van der Waals surface area contributed by atoms with Gasteiger partial charge in [-0.05, 0) is 59.4 Å². The van der Waals surface area contributed by atoms with Gasteiger partial charge >= 0.3 is 0 Å². The van der Waals surface area contributed by atoms with Crippen LogP contribution in [0, 0.1) is 30.8 Å². The Balaban J connectivity index is 0.000000221. The average Bonchev–Trinajstić information content (AvgIpc) is 3.56. The molecule has 0 saturated carbocycles. The normalized spacial score (nSPS) is 14.3. The number of furan rings is 1. The maximum Gasteiger partial charge on any atom is 0.216 e. The van der Waals surface area contributed by atoms with E-state index >= 15 is 0 Å². The molecule has 0 aliphatic carbocycles. The third-order valence-electron chi connectivity index (χ3n) is 8.08. The number of pyridine rings is 3. The van der Waals surface area contributed by atoms with Crippen LogP contribution in [0.3, 0.4) is 0 Å². The molecule has 3 aromatic carbocycles. The maximum atomic E-state index is 8.59. The van der Waals surface area contributed by atoms with Crippen LogP contribution in [-0.2, 0) is 32.9 Å². The van der Waals surface area contributed by atoms with Crippen molar-refractivity contribution in [3.8, 4) is 33.8 Å². The molecule has 4 aromatic heterocycles. The van der Waals surface area contributed by atoms with E-state index in [9.17, 15) is 0 Å². The van der Waals surface area contributed by atoms with Gasteiger partial charge in [0.25, 0.3) is 0 Å². The first-order valence-corrected chi connectivity index (χ1v) is 20.5. The zero-order valence-corrected chi connectivity index (χ0v) is 33.4. The van der Waals surface area contributed by atoms with E-state index < -0.39 is 27.7 Å². The van der Waals surface area contributed by atoms with Crippen molar-refractivity contribution in [2.45, 2.75) is 66.9 Å². The van der Waals surface area contributed by atoms with Gasteiger partial charge in [0.2, 0.25) is 5.71 Å². The van der Waals surface area contributed by atoms with Crippen LogP contribution in [0.4, 0.5) is 0 Å². The van der Waals surface area contributed by atoms with E-state index in [1.54, 1.807) is 36.7 Å². The summed E-state index contributed by atoms with van der Waals surface area (Å²) in [6.45, 7) is 11.9. The van der Waals surface area contributed by atoms with Crippen molar-refractivity contribution in [3.63, 3.8) is 0 Å². The van der Waals surface area contributed by atoms with Crippen molar-refractivity contribution in [2.24, 2.45) is 11.8 Å². The molecule has 4 heterocycles. The van der Waals surface area contributed by atoms with Crippen molar-refractivity contribution in [1.29, 1.82) is 0 Å². The van der Waals surface area contributed by atoms with Gasteiger partial charge in [-0.2, -0.15) is 0 Å². The van der Waals surface area contributed by atoms with Gasteiger partial charge in [0.05, 0.1) is 19.4 Å². The molecule has 0 fully saturated rings. The standard InChI is InChI=1S/C26H21N2O.C19H26NSi.Ir/c1-17(2)15-18-13-14-27-24(16-18)22-10-6-9-20-21-11-12-23(19-7-4-3-5-8-19)28-26(21)29-25(20)22;1-14(2)11-17-12-18(16-9-7-15(3)8-10-16)20-13-19(17)21(4,5)6;/h3-9,11-14,16-17H,15H2,1-2H3;7-9,12-14H,11H2,1-6H3;/q2*-1;/i15D2;3D3,11D2;. The predicted molar refractivity (Wildman–Crippen MR) is 212 cm³/mol. The Kier molecular flexibility index (Phi) is 9.45. The average molecular weight is 873 g/mol. The summed E-state index contributed by atoms with van der Waals surface area (Å²) in [6, 6.07) is 34.1. The third kappa shape index (κ3) is 9.18. The van der Waals surface area contributed by atoms with Gasteiger partial charge in [-0.25, -0.2) is 4.98 Å². The number of fused-ring (bicyclic) bond motifs is 3. The Hall–Kier alpha value is -4.22. The van der Waals surface area contributed by atoms with Crippen LogP contribution in [0.25, 0.3) is 55.8 Å².